The lowest BCUT2D eigenvalue weighted by atomic mass is 10.2. The van der Waals surface area contributed by atoms with Gasteiger partial charge in [-0.2, -0.15) is 8.61 Å². The van der Waals surface area contributed by atoms with E-state index >= 15 is 0 Å². The number of nitrogens with zero attached hydrogens (tertiary/aromatic N) is 4. The Balaban J connectivity index is 1.79. The largest absolute Gasteiger partial charge is 0.408 e. The van der Waals surface area contributed by atoms with Gasteiger partial charge in [0.1, 0.15) is 0 Å². The Kier molecular flexibility index (Phi) is 10.9. The van der Waals surface area contributed by atoms with Crippen molar-refractivity contribution in [1.82, 2.24) is 18.3 Å². The van der Waals surface area contributed by atoms with Crippen molar-refractivity contribution in [3.8, 4) is 0 Å². The Morgan fingerprint density at radius 1 is 0.674 bits per heavy atom. The van der Waals surface area contributed by atoms with Gasteiger partial charge in [-0.3, -0.25) is 14.0 Å². The van der Waals surface area contributed by atoms with E-state index in [2.05, 4.69) is 4.98 Å². The fourth-order valence-corrected chi connectivity index (χ4v) is 9.22. The molecule has 1 aromatic heterocycles. The van der Waals surface area contributed by atoms with Gasteiger partial charge >= 0.3 is 7.75 Å². The summed E-state index contributed by atoms with van der Waals surface area (Å²) < 4.78 is 84.6. The highest BCUT2D eigenvalue weighted by Gasteiger charge is 2.37. The molecule has 1 aliphatic heterocycles. The third-order valence-corrected chi connectivity index (χ3v) is 13.0. The van der Waals surface area contributed by atoms with Gasteiger partial charge in [-0.15, -0.1) is 0 Å². The molecule has 0 spiro atoms. The van der Waals surface area contributed by atoms with Crippen LogP contribution >= 0.6 is 7.75 Å². The van der Waals surface area contributed by atoms with E-state index in [9.17, 15) is 21.4 Å². The molecule has 0 saturated heterocycles. The summed E-state index contributed by atoms with van der Waals surface area (Å²) in [4.78, 5) is 4.90. The highest BCUT2D eigenvalue weighted by atomic mass is 32.2. The number of hydrogen-bond donors (Lipinski definition) is 0. The fourth-order valence-electron chi connectivity index (χ4n) is 4.69. The van der Waals surface area contributed by atoms with Gasteiger partial charge in [0.2, 0.25) is 20.0 Å². The van der Waals surface area contributed by atoms with E-state index in [1.54, 1.807) is 80.6 Å². The highest BCUT2D eigenvalue weighted by molar-refractivity contribution is 7.89. The van der Waals surface area contributed by atoms with Crippen molar-refractivity contribution < 1.29 is 30.4 Å². The van der Waals surface area contributed by atoms with Crippen molar-refractivity contribution in [2.45, 2.75) is 50.6 Å². The van der Waals surface area contributed by atoms with E-state index in [4.69, 9.17) is 9.05 Å². The lowest BCUT2D eigenvalue weighted by Gasteiger charge is -2.33. The molecule has 0 unspecified atom stereocenters. The second kappa shape index (κ2) is 14.1. The van der Waals surface area contributed by atoms with Crippen LogP contribution in [0.5, 0.6) is 0 Å². The lowest BCUT2D eigenvalue weighted by Crippen LogP contribution is -2.42. The van der Waals surface area contributed by atoms with E-state index in [1.807, 2.05) is 13.8 Å². The Labute approximate surface area is 255 Å². The Hall–Kier alpha value is -2.48. The first kappa shape index (κ1) is 33.4. The van der Waals surface area contributed by atoms with Gasteiger partial charge in [0.25, 0.3) is 0 Å². The van der Waals surface area contributed by atoms with Crippen LogP contribution in [0.4, 0.5) is 0 Å². The molecule has 11 nitrogen and oxygen atoms in total. The topological polar surface area (TPSA) is 126 Å². The molecule has 0 atom stereocenters. The summed E-state index contributed by atoms with van der Waals surface area (Å²) in [6, 6.07) is 18.3. The number of benzene rings is 2. The summed E-state index contributed by atoms with van der Waals surface area (Å²) in [6.45, 7) is 6.91. The minimum absolute atomic E-state index is 0.0412. The number of fused-ring (bicyclic) bond motifs is 2. The predicted octanol–water partition coefficient (Wildman–Crippen LogP) is 4.58. The summed E-state index contributed by atoms with van der Waals surface area (Å²) in [5, 5.41) is 0. The third kappa shape index (κ3) is 7.98. The van der Waals surface area contributed by atoms with E-state index < -0.39 is 27.8 Å². The van der Waals surface area contributed by atoms with Crippen LogP contribution in [0.15, 0.2) is 76.5 Å². The average Bonchev–Trinajstić information content (AvgIpc) is 2.96. The van der Waals surface area contributed by atoms with Crippen LogP contribution in [0.3, 0.4) is 0 Å². The quantitative estimate of drug-likeness (QED) is 0.306. The molecule has 0 fully saturated rings. The standard InChI is InChI=1S/C29H39N4O7PS2/c1-5-39-41(34,40-6-2)31-18-20-32(42(35,36)28-14-10-24(3)11-15-28)22-26-8-7-9-27(30-26)23-33(21-19-31)43(37,38)29-16-12-25(4)13-17-29/h7-17H,5-6,18-23H2,1-4H3. The van der Waals surface area contributed by atoms with Gasteiger partial charge in [-0.1, -0.05) is 41.5 Å². The molecule has 1 aliphatic rings. The first-order valence-corrected chi connectivity index (χ1v) is 18.5. The predicted molar refractivity (Wildman–Crippen MR) is 164 cm³/mol. The number of sulfonamides is 2. The fraction of sp³-hybridized carbons (Fsp3) is 0.414. The smallest absolute Gasteiger partial charge is 0.297 e. The van der Waals surface area contributed by atoms with Crippen molar-refractivity contribution >= 4 is 27.8 Å². The van der Waals surface area contributed by atoms with Crippen LogP contribution in [-0.4, -0.2) is 74.5 Å². The van der Waals surface area contributed by atoms with Crippen molar-refractivity contribution in [1.29, 1.82) is 0 Å². The maximum Gasteiger partial charge on any atom is 0.408 e. The van der Waals surface area contributed by atoms with Crippen LogP contribution < -0.4 is 0 Å². The lowest BCUT2D eigenvalue weighted by molar-refractivity contribution is 0.159. The summed E-state index contributed by atoms with van der Waals surface area (Å²) in [6.07, 6.45) is 0. The maximum absolute atomic E-state index is 14.0. The van der Waals surface area contributed by atoms with Crippen molar-refractivity contribution in [3.63, 3.8) is 0 Å². The van der Waals surface area contributed by atoms with Crippen molar-refractivity contribution in [2.75, 3.05) is 39.4 Å². The number of aromatic nitrogens is 1. The molecular formula is C29H39N4O7PS2. The number of rotatable bonds is 9. The summed E-state index contributed by atoms with van der Waals surface area (Å²) >= 11 is 0. The van der Waals surface area contributed by atoms with Crippen LogP contribution in [0, 0.1) is 13.8 Å². The van der Waals surface area contributed by atoms with E-state index in [0.717, 1.165) is 11.1 Å². The first-order chi connectivity index (χ1) is 20.4. The van der Waals surface area contributed by atoms with E-state index in [0.29, 0.717) is 11.4 Å². The molecule has 3 aromatic rings. The van der Waals surface area contributed by atoms with Crippen LogP contribution in [0.2, 0.25) is 0 Å². The second-order valence-electron chi connectivity index (χ2n) is 10.2. The number of aryl methyl sites for hydroxylation is 2. The van der Waals surface area contributed by atoms with Gasteiger partial charge < -0.3 is 0 Å². The second-order valence-corrected chi connectivity index (χ2v) is 16.1. The van der Waals surface area contributed by atoms with Gasteiger partial charge in [-0.05, 0) is 64.1 Å². The molecule has 43 heavy (non-hydrogen) atoms. The Bertz CT molecular complexity index is 1540. The zero-order chi connectivity index (χ0) is 31.3. The van der Waals surface area contributed by atoms with Gasteiger partial charge in [0, 0.05) is 26.2 Å². The Morgan fingerprint density at radius 3 is 1.44 bits per heavy atom. The maximum atomic E-state index is 14.0. The zero-order valence-corrected chi connectivity index (χ0v) is 27.4. The van der Waals surface area contributed by atoms with E-state index in [1.165, 1.54) is 13.3 Å². The number of pyridine rings is 1. The first-order valence-electron chi connectivity index (χ1n) is 14.1. The molecule has 14 heteroatoms. The molecule has 0 N–H and O–H groups in total. The van der Waals surface area contributed by atoms with Crippen molar-refractivity contribution in [3.05, 3.63) is 89.2 Å². The minimum atomic E-state index is -3.98. The van der Waals surface area contributed by atoms with Gasteiger partial charge in [0.15, 0.2) is 0 Å². The number of hydrogen-bond acceptors (Lipinski definition) is 8. The van der Waals surface area contributed by atoms with Crippen LogP contribution in [0.25, 0.3) is 0 Å². The molecule has 0 saturated carbocycles. The van der Waals surface area contributed by atoms with Crippen LogP contribution in [0.1, 0.15) is 36.4 Å². The molecule has 0 amide bonds. The average molecular weight is 651 g/mol. The summed E-state index contributed by atoms with van der Waals surface area (Å²) in [5.41, 5.74) is 2.75. The molecule has 2 aromatic carbocycles. The Morgan fingerprint density at radius 2 is 1.07 bits per heavy atom. The molecular weight excluding hydrogens is 611 g/mol. The molecule has 234 valence electrons. The third-order valence-electron chi connectivity index (χ3n) is 7.00. The normalized spacial score (nSPS) is 16.8. The van der Waals surface area contributed by atoms with Crippen molar-refractivity contribution in [2.24, 2.45) is 0 Å². The zero-order valence-electron chi connectivity index (χ0n) is 24.9. The minimum Gasteiger partial charge on any atom is -0.297 e. The molecule has 0 aliphatic carbocycles. The van der Waals surface area contributed by atoms with Gasteiger partial charge in [0.05, 0.1) is 47.5 Å². The SMILES string of the molecule is CCOP(=O)(OCC)N1CCN(S(=O)(=O)c2ccc(C)cc2)Cc2cccc(n2)CN(S(=O)(=O)c2ccc(C)cc2)CC1. The van der Waals surface area contributed by atoms with Crippen LogP contribution in [-0.2, 0) is 46.7 Å². The molecule has 4 rings (SSSR count). The van der Waals surface area contributed by atoms with E-state index in [-0.39, 0.29) is 62.3 Å². The molecule has 2 bridgehead atoms. The monoisotopic (exact) mass is 650 g/mol. The summed E-state index contributed by atoms with van der Waals surface area (Å²) in [7, 11) is -11.9. The molecule has 0 radical (unpaired) electrons. The van der Waals surface area contributed by atoms with Gasteiger partial charge in [-0.25, -0.2) is 26.1 Å². The molecule has 2 heterocycles. The summed E-state index contributed by atoms with van der Waals surface area (Å²) in [5.74, 6) is 0. The highest BCUT2D eigenvalue weighted by Crippen LogP contribution is 2.51.